The molecule has 0 bridgehead atoms. The number of piperazine rings is 1. The van der Waals surface area contributed by atoms with Gasteiger partial charge < -0.3 is 9.80 Å². The minimum Gasteiger partial charge on any atom is -0.353 e. The van der Waals surface area contributed by atoms with Crippen molar-refractivity contribution < 1.29 is 4.79 Å². The van der Waals surface area contributed by atoms with Crippen molar-refractivity contribution in [2.75, 3.05) is 31.1 Å². The monoisotopic (exact) mass is 394 g/mol. The molecule has 0 spiro atoms. The summed E-state index contributed by atoms with van der Waals surface area (Å²) in [7, 11) is 0. The van der Waals surface area contributed by atoms with Gasteiger partial charge in [-0.15, -0.1) is 0 Å². The predicted octanol–water partition coefficient (Wildman–Crippen LogP) is 1.69. The molecule has 1 aliphatic heterocycles. The van der Waals surface area contributed by atoms with Crippen LogP contribution in [0.25, 0.3) is 5.82 Å². The Morgan fingerprint density at radius 3 is 2.38 bits per heavy atom. The zero-order valence-electron chi connectivity index (χ0n) is 17.3. The smallest absolute Gasteiger partial charge is 0.247 e. The van der Waals surface area contributed by atoms with Crippen LogP contribution in [-0.4, -0.2) is 66.5 Å². The van der Waals surface area contributed by atoms with E-state index in [9.17, 15) is 4.79 Å². The molecule has 1 atom stereocenters. The normalized spacial score (nSPS) is 15.6. The molecule has 0 radical (unpaired) electrons. The minimum absolute atomic E-state index is 0.0931. The fraction of sp³-hybridized carbons (Fsp3) is 0.450. The molecule has 1 fully saturated rings. The zero-order valence-corrected chi connectivity index (χ0v) is 17.3. The fourth-order valence-electron chi connectivity index (χ4n) is 3.71. The number of hydrogen-bond donors (Lipinski definition) is 0. The SMILES string of the molecule is Cc1cc(C)n(-c2cc(N3CCN(C(=O)C(C)n4cccn4)CC3)nc(C)n2)n1. The zero-order chi connectivity index (χ0) is 20.5. The molecule has 4 heterocycles. The van der Waals surface area contributed by atoms with Gasteiger partial charge in [-0.3, -0.25) is 9.48 Å². The van der Waals surface area contributed by atoms with Gasteiger partial charge >= 0.3 is 0 Å². The Balaban J connectivity index is 1.47. The summed E-state index contributed by atoms with van der Waals surface area (Å²) in [5.41, 5.74) is 1.99. The van der Waals surface area contributed by atoms with E-state index in [1.807, 2.05) is 61.7 Å². The van der Waals surface area contributed by atoms with Gasteiger partial charge in [0, 0.05) is 50.3 Å². The number of aromatic nitrogens is 6. The van der Waals surface area contributed by atoms with E-state index in [-0.39, 0.29) is 11.9 Å². The Hall–Kier alpha value is -3.23. The first-order valence-electron chi connectivity index (χ1n) is 9.84. The molecule has 1 amide bonds. The highest BCUT2D eigenvalue weighted by Crippen LogP contribution is 2.20. The maximum atomic E-state index is 12.8. The maximum Gasteiger partial charge on any atom is 0.247 e. The summed E-state index contributed by atoms with van der Waals surface area (Å²) in [4.78, 5) is 26.1. The van der Waals surface area contributed by atoms with Gasteiger partial charge in [-0.25, -0.2) is 14.6 Å². The van der Waals surface area contributed by atoms with Crippen molar-refractivity contribution in [3.63, 3.8) is 0 Å². The molecule has 152 valence electrons. The second-order valence-corrected chi connectivity index (χ2v) is 7.44. The van der Waals surface area contributed by atoms with Crippen LogP contribution < -0.4 is 4.90 Å². The number of carbonyl (C=O) groups excluding carboxylic acids is 1. The van der Waals surface area contributed by atoms with Crippen LogP contribution in [0.5, 0.6) is 0 Å². The van der Waals surface area contributed by atoms with Gasteiger partial charge in [0.15, 0.2) is 5.82 Å². The first kappa shape index (κ1) is 19.1. The Labute approximate surface area is 170 Å². The van der Waals surface area contributed by atoms with Crippen molar-refractivity contribution in [1.29, 1.82) is 0 Å². The van der Waals surface area contributed by atoms with Crippen LogP contribution >= 0.6 is 0 Å². The minimum atomic E-state index is -0.296. The lowest BCUT2D eigenvalue weighted by molar-refractivity contribution is -0.134. The third-order valence-electron chi connectivity index (χ3n) is 5.23. The van der Waals surface area contributed by atoms with Crippen molar-refractivity contribution >= 4 is 11.7 Å². The van der Waals surface area contributed by atoms with E-state index in [1.165, 1.54) is 0 Å². The molecule has 0 saturated carbocycles. The lowest BCUT2D eigenvalue weighted by Crippen LogP contribution is -2.50. The summed E-state index contributed by atoms with van der Waals surface area (Å²) in [5.74, 6) is 2.43. The van der Waals surface area contributed by atoms with E-state index >= 15 is 0 Å². The molecule has 4 rings (SSSR count). The van der Waals surface area contributed by atoms with E-state index in [4.69, 9.17) is 0 Å². The highest BCUT2D eigenvalue weighted by molar-refractivity contribution is 5.80. The number of aryl methyl sites for hydroxylation is 3. The summed E-state index contributed by atoms with van der Waals surface area (Å²) >= 11 is 0. The standard InChI is InChI=1S/C20H26N8O/c1-14-12-15(2)28(24-14)19-13-18(22-17(4)23-19)25-8-10-26(11-9-25)20(29)16(3)27-7-5-6-21-27/h5-7,12-13,16H,8-11H2,1-4H3. The number of anilines is 1. The largest absolute Gasteiger partial charge is 0.353 e. The highest BCUT2D eigenvalue weighted by atomic mass is 16.2. The van der Waals surface area contributed by atoms with Crippen LogP contribution in [-0.2, 0) is 4.79 Å². The molecule has 0 N–H and O–H groups in total. The second-order valence-electron chi connectivity index (χ2n) is 7.44. The quantitative estimate of drug-likeness (QED) is 0.670. The van der Waals surface area contributed by atoms with Gasteiger partial charge in [0.25, 0.3) is 0 Å². The second kappa shape index (κ2) is 7.65. The van der Waals surface area contributed by atoms with Crippen molar-refractivity contribution in [2.24, 2.45) is 0 Å². The fourth-order valence-corrected chi connectivity index (χ4v) is 3.71. The van der Waals surface area contributed by atoms with Gasteiger partial charge in [-0.1, -0.05) is 0 Å². The van der Waals surface area contributed by atoms with Gasteiger partial charge in [0.2, 0.25) is 5.91 Å². The summed E-state index contributed by atoms with van der Waals surface area (Å²) < 4.78 is 3.54. The molecule has 29 heavy (non-hydrogen) atoms. The van der Waals surface area contributed by atoms with Gasteiger partial charge in [0.1, 0.15) is 17.7 Å². The Kier molecular flexibility index (Phi) is 5.04. The van der Waals surface area contributed by atoms with Gasteiger partial charge in [0.05, 0.1) is 5.69 Å². The van der Waals surface area contributed by atoms with Crippen LogP contribution in [0.4, 0.5) is 5.82 Å². The number of nitrogens with zero attached hydrogens (tertiary/aromatic N) is 8. The molecule has 1 saturated heterocycles. The summed E-state index contributed by atoms with van der Waals surface area (Å²) in [5, 5.41) is 8.72. The van der Waals surface area contributed by atoms with Crippen molar-refractivity contribution in [3.8, 4) is 5.82 Å². The molecule has 1 aliphatic rings. The third kappa shape index (κ3) is 3.85. The molecule has 3 aromatic rings. The molecule has 0 aliphatic carbocycles. The Bertz CT molecular complexity index is 1000. The Morgan fingerprint density at radius 2 is 1.76 bits per heavy atom. The van der Waals surface area contributed by atoms with E-state index in [0.717, 1.165) is 36.1 Å². The molecule has 0 aromatic carbocycles. The number of rotatable bonds is 4. The molecule has 3 aromatic heterocycles. The van der Waals surface area contributed by atoms with E-state index in [2.05, 4.69) is 25.1 Å². The topological polar surface area (TPSA) is 85.0 Å². The summed E-state index contributed by atoms with van der Waals surface area (Å²) in [6.07, 6.45) is 3.52. The molecule has 9 nitrogen and oxygen atoms in total. The van der Waals surface area contributed by atoms with E-state index < -0.39 is 0 Å². The molecule has 1 unspecified atom stereocenters. The first-order valence-corrected chi connectivity index (χ1v) is 9.84. The molecule has 9 heteroatoms. The van der Waals surface area contributed by atoms with Gasteiger partial charge in [-0.2, -0.15) is 10.2 Å². The summed E-state index contributed by atoms with van der Waals surface area (Å²) in [6.45, 7) is 10.5. The van der Waals surface area contributed by atoms with Crippen LogP contribution in [0, 0.1) is 20.8 Å². The highest BCUT2D eigenvalue weighted by Gasteiger charge is 2.27. The van der Waals surface area contributed by atoms with Gasteiger partial charge in [-0.05, 0) is 39.8 Å². The molecular weight excluding hydrogens is 368 g/mol. The van der Waals surface area contributed by atoms with Crippen molar-refractivity contribution in [1.82, 2.24) is 34.4 Å². The predicted molar refractivity (Wildman–Crippen MR) is 109 cm³/mol. The van der Waals surface area contributed by atoms with Crippen LogP contribution in [0.1, 0.15) is 30.2 Å². The number of amides is 1. The van der Waals surface area contributed by atoms with E-state index in [0.29, 0.717) is 18.9 Å². The average molecular weight is 394 g/mol. The third-order valence-corrected chi connectivity index (χ3v) is 5.23. The average Bonchev–Trinajstić information content (AvgIpc) is 3.36. The molecular formula is C20H26N8O. The number of carbonyl (C=O) groups is 1. The van der Waals surface area contributed by atoms with E-state index in [1.54, 1.807) is 10.9 Å². The van der Waals surface area contributed by atoms with Crippen LogP contribution in [0.15, 0.2) is 30.6 Å². The van der Waals surface area contributed by atoms with Crippen molar-refractivity contribution in [3.05, 3.63) is 47.8 Å². The van der Waals surface area contributed by atoms with Crippen molar-refractivity contribution in [2.45, 2.75) is 33.7 Å². The maximum absolute atomic E-state index is 12.8. The lowest BCUT2D eigenvalue weighted by atomic mass is 10.2. The lowest BCUT2D eigenvalue weighted by Gasteiger charge is -2.36. The van der Waals surface area contributed by atoms with Crippen LogP contribution in [0.2, 0.25) is 0 Å². The number of hydrogen-bond acceptors (Lipinski definition) is 6. The van der Waals surface area contributed by atoms with Crippen LogP contribution in [0.3, 0.4) is 0 Å². The first-order chi connectivity index (χ1) is 13.9. The Morgan fingerprint density at radius 1 is 1.03 bits per heavy atom. The summed E-state index contributed by atoms with van der Waals surface area (Å²) in [6, 6.07) is 5.54.